The lowest BCUT2D eigenvalue weighted by Gasteiger charge is -2.13. The lowest BCUT2D eigenvalue weighted by atomic mass is 10.2. The van der Waals surface area contributed by atoms with E-state index in [9.17, 15) is 22.5 Å². The fourth-order valence-corrected chi connectivity index (χ4v) is 8.00. The van der Waals surface area contributed by atoms with Crippen molar-refractivity contribution in [2.24, 2.45) is 0 Å². The Balaban J connectivity index is 1.81. The van der Waals surface area contributed by atoms with Crippen LogP contribution >= 0.6 is 53.2 Å². The van der Waals surface area contributed by atoms with Crippen LogP contribution in [0.2, 0.25) is 0 Å². The van der Waals surface area contributed by atoms with Crippen molar-refractivity contribution >= 4 is 74.1 Å². The number of aromatic nitrogens is 1. The zero-order valence-corrected chi connectivity index (χ0v) is 22.6. The van der Waals surface area contributed by atoms with Gasteiger partial charge in [-0.2, -0.15) is 13.2 Å². The first-order chi connectivity index (χ1) is 17.6. The van der Waals surface area contributed by atoms with Gasteiger partial charge in [0.15, 0.2) is 5.13 Å². The van der Waals surface area contributed by atoms with Crippen LogP contribution < -0.4 is 5.09 Å². The lowest BCUT2D eigenvalue weighted by molar-refractivity contribution is -0.0882. The third kappa shape index (κ3) is 6.80. The Morgan fingerprint density at radius 2 is 1.43 bits per heavy atom. The van der Waals surface area contributed by atoms with Crippen molar-refractivity contribution in [1.29, 1.82) is 0 Å². The number of Topliss-reactive ketones (excluding diaryl/α,β-unsaturated/α-hetero) is 1. The molecule has 0 fully saturated rings. The third-order valence-corrected chi connectivity index (χ3v) is 9.63. The molecule has 4 nitrogen and oxygen atoms in total. The Hall–Kier alpha value is -2.68. The predicted molar refractivity (Wildman–Crippen MR) is 148 cm³/mol. The minimum absolute atomic E-state index is 0.131. The number of hydrogen-bond acceptors (Lipinski definition) is 5. The summed E-state index contributed by atoms with van der Waals surface area (Å²) in [6.07, 6.45) is -5.10. The zero-order valence-electron chi connectivity index (χ0n) is 18.6. The summed E-state index contributed by atoms with van der Waals surface area (Å²) in [5.74, 6) is 0.478. The van der Waals surface area contributed by atoms with Gasteiger partial charge in [0.05, 0.1) is 14.9 Å². The smallest absolute Gasteiger partial charge is 0.306 e. The molecule has 190 valence electrons. The van der Waals surface area contributed by atoms with E-state index in [-0.39, 0.29) is 20.9 Å². The molecule has 0 aliphatic carbocycles. The normalized spacial score (nSPS) is 13.0. The molecular formula is C25H16Cl2F3N2O2PS2. The molecule has 0 bridgehead atoms. The number of carbonyl (C=O) groups is 1. The molecule has 2 heterocycles. The number of hydrogen-bond donors (Lipinski definition) is 1. The van der Waals surface area contributed by atoms with Crippen LogP contribution in [-0.2, 0) is 4.57 Å². The Bertz CT molecular complexity index is 1440. The Kier molecular flexibility index (Phi) is 8.41. The molecule has 0 amide bonds. The SMILES string of the molecule is O=C(c1sc(NP(=O)(/C=C(\Cl)c2ccccc2)/C=C(\Cl)c2ccccc2)nc1-c1cccs1)C(F)(F)F. The number of nitrogens with one attached hydrogen (secondary N) is 1. The highest BCUT2D eigenvalue weighted by atomic mass is 35.5. The van der Waals surface area contributed by atoms with Crippen molar-refractivity contribution < 1.29 is 22.5 Å². The molecule has 0 saturated carbocycles. The Morgan fingerprint density at radius 1 is 0.892 bits per heavy atom. The van der Waals surface area contributed by atoms with E-state index >= 15 is 0 Å². The van der Waals surface area contributed by atoms with Crippen molar-refractivity contribution in [3.05, 3.63) is 106 Å². The topological polar surface area (TPSA) is 59.1 Å². The maximum Gasteiger partial charge on any atom is 0.455 e. The van der Waals surface area contributed by atoms with Gasteiger partial charge in [-0.25, -0.2) is 4.98 Å². The van der Waals surface area contributed by atoms with E-state index in [1.165, 1.54) is 11.6 Å². The van der Waals surface area contributed by atoms with Crippen LogP contribution in [0.4, 0.5) is 18.3 Å². The number of alkyl halides is 3. The van der Waals surface area contributed by atoms with Crippen molar-refractivity contribution in [2.75, 3.05) is 5.09 Å². The van der Waals surface area contributed by atoms with E-state index in [0.717, 1.165) is 11.3 Å². The maximum atomic E-state index is 14.2. The minimum Gasteiger partial charge on any atom is -0.306 e. The minimum atomic E-state index is -5.10. The van der Waals surface area contributed by atoms with Crippen LogP contribution in [0.15, 0.2) is 89.8 Å². The first kappa shape index (κ1) is 27.4. The van der Waals surface area contributed by atoms with Gasteiger partial charge in [0.25, 0.3) is 5.78 Å². The highest BCUT2D eigenvalue weighted by molar-refractivity contribution is 7.72. The molecule has 0 radical (unpaired) electrons. The van der Waals surface area contributed by atoms with Gasteiger partial charge in [-0.1, -0.05) is 101 Å². The number of halogens is 5. The molecule has 12 heteroatoms. The Morgan fingerprint density at radius 3 is 1.89 bits per heavy atom. The van der Waals surface area contributed by atoms with Crippen LogP contribution in [0.25, 0.3) is 20.6 Å². The second-order valence-corrected chi connectivity index (χ2v) is 12.4. The molecule has 2 aromatic carbocycles. The average Bonchev–Trinajstić information content (AvgIpc) is 3.54. The molecule has 2 aromatic heterocycles. The van der Waals surface area contributed by atoms with Crippen LogP contribution in [0, 0.1) is 0 Å². The van der Waals surface area contributed by atoms with Crippen molar-refractivity contribution in [1.82, 2.24) is 4.98 Å². The first-order valence-corrected chi connectivity index (χ1v) is 14.8. The van der Waals surface area contributed by atoms with E-state index in [2.05, 4.69) is 10.1 Å². The summed E-state index contributed by atoms with van der Waals surface area (Å²) in [6.45, 7) is 0. The number of benzene rings is 2. The average molecular weight is 599 g/mol. The monoisotopic (exact) mass is 598 g/mol. The molecule has 1 N–H and O–H groups in total. The fraction of sp³-hybridized carbons (Fsp3) is 0.0400. The zero-order chi connectivity index (χ0) is 26.6. The summed E-state index contributed by atoms with van der Waals surface area (Å²) in [4.78, 5) is 16.1. The lowest BCUT2D eigenvalue weighted by Crippen LogP contribution is -2.22. The number of thiazole rings is 1. The highest BCUT2D eigenvalue weighted by Gasteiger charge is 2.42. The first-order valence-electron chi connectivity index (χ1n) is 10.5. The molecule has 4 rings (SSSR count). The van der Waals surface area contributed by atoms with E-state index in [1.807, 2.05) is 0 Å². The molecule has 0 saturated heterocycles. The standard InChI is InChI=1S/C25H16Cl2F3N2O2PS2/c26-18(16-8-3-1-4-9-16)14-35(34,15-19(27)17-10-5-2-6-11-17)32-24-31-21(20-12-7-13-36-20)22(37-24)23(33)25(28,29)30/h1-15H,(H,31,32,34)/b18-14-,19-15-. The predicted octanol–water partition coefficient (Wildman–Crippen LogP) is 9.78. The fourth-order valence-electron chi connectivity index (χ4n) is 3.16. The van der Waals surface area contributed by atoms with Crippen LogP contribution in [0.3, 0.4) is 0 Å². The molecule has 0 atom stereocenters. The molecule has 0 spiro atoms. The van der Waals surface area contributed by atoms with Crippen molar-refractivity contribution in [2.45, 2.75) is 6.18 Å². The third-order valence-electron chi connectivity index (χ3n) is 4.83. The summed E-state index contributed by atoms with van der Waals surface area (Å²) < 4.78 is 54.1. The van der Waals surface area contributed by atoms with Crippen molar-refractivity contribution in [3.63, 3.8) is 0 Å². The van der Waals surface area contributed by atoms with Gasteiger partial charge in [-0.05, 0) is 22.6 Å². The molecular weight excluding hydrogens is 583 g/mol. The number of ketones is 1. The summed E-state index contributed by atoms with van der Waals surface area (Å²) in [6, 6.07) is 20.6. The number of carbonyl (C=O) groups excluding carboxylic acids is 1. The summed E-state index contributed by atoms with van der Waals surface area (Å²) in [7, 11) is -3.82. The number of anilines is 1. The molecule has 0 unspecified atom stereocenters. The number of nitrogens with zero attached hydrogens (tertiary/aromatic N) is 1. The second kappa shape index (κ2) is 11.4. The van der Waals surface area contributed by atoms with E-state index in [0.29, 0.717) is 27.3 Å². The summed E-state index contributed by atoms with van der Waals surface area (Å²) in [5, 5.41) is 4.48. The van der Waals surface area contributed by atoms with Gasteiger partial charge in [0.1, 0.15) is 10.6 Å². The molecule has 0 aliphatic rings. The quantitative estimate of drug-likeness (QED) is 0.162. The highest BCUT2D eigenvalue weighted by Crippen LogP contribution is 2.54. The van der Waals surface area contributed by atoms with Gasteiger partial charge in [-0.3, -0.25) is 9.36 Å². The largest absolute Gasteiger partial charge is 0.455 e. The maximum absolute atomic E-state index is 14.2. The van der Waals surface area contributed by atoms with E-state index in [4.69, 9.17) is 23.2 Å². The number of rotatable bonds is 8. The Labute approximate surface area is 228 Å². The van der Waals surface area contributed by atoms with E-state index < -0.39 is 24.1 Å². The van der Waals surface area contributed by atoms with Gasteiger partial charge >= 0.3 is 6.18 Å². The van der Waals surface area contributed by atoms with Gasteiger partial charge < -0.3 is 5.09 Å². The molecule has 4 aromatic rings. The van der Waals surface area contributed by atoms with Gasteiger partial charge in [0, 0.05) is 11.6 Å². The molecule has 37 heavy (non-hydrogen) atoms. The summed E-state index contributed by atoms with van der Waals surface area (Å²) in [5.41, 5.74) is 0.996. The number of thiophene rings is 1. The van der Waals surface area contributed by atoms with Crippen LogP contribution in [0.1, 0.15) is 20.8 Å². The second-order valence-electron chi connectivity index (χ2n) is 7.51. The van der Waals surface area contributed by atoms with E-state index in [1.54, 1.807) is 78.2 Å². The molecule has 0 aliphatic heterocycles. The van der Waals surface area contributed by atoms with Crippen LogP contribution in [0.5, 0.6) is 0 Å². The van der Waals surface area contributed by atoms with Gasteiger partial charge in [0.2, 0.25) is 7.29 Å². The van der Waals surface area contributed by atoms with Gasteiger partial charge in [-0.15, -0.1) is 11.3 Å². The van der Waals surface area contributed by atoms with Crippen molar-refractivity contribution in [3.8, 4) is 10.6 Å². The summed E-state index contributed by atoms with van der Waals surface area (Å²) >= 11 is 14.5. The van der Waals surface area contributed by atoms with Crippen LogP contribution in [-0.4, -0.2) is 16.9 Å².